The molecule has 0 amide bonds. The fraction of sp³-hybridized carbons (Fsp3) is 0.491. The molecule has 392 valence electrons. The summed E-state index contributed by atoms with van der Waals surface area (Å²) in [5.41, 5.74) is 6.45. The largest absolute Gasteiger partial charge is 0.493 e. The summed E-state index contributed by atoms with van der Waals surface area (Å²) in [6.45, 7) is 3.33. The van der Waals surface area contributed by atoms with Crippen molar-refractivity contribution >= 4 is 11.9 Å². The van der Waals surface area contributed by atoms with E-state index in [1.54, 1.807) is 78.2 Å². The number of rotatable bonds is 25. The molecule has 2 aliphatic heterocycles. The Kier molecular flexibility index (Phi) is 18.7. The van der Waals surface area contributed by atoms with Gasteiger partial charge < -0.3 is 70.5 Å². The zero-order valence-electron chi connectivity index (χ0n) is 44.4. The zero-order valence-corrected chi connectivity index (χ0v) is 44.4. The maximum atomic E-state index is 13.0. The molecule has 0 N–H and O–H groups in total. The van der Waals surface area contributed by atoms with E-state index in [2.05, 4.69) is 26.2 Å². The second-order valence-electron chi connectivity index (χ2n) is 18.4. The van der Waals surface area contributed by atoms with Crippen LogP contribution >= 0.6 is 0 Å². The monoisotopic (exact) mass is 1000 g/mol. The van der Waals surface area contributed by atoms with Crippen LogP contribution in [0.4, 0.5) is 0 Å². The van der Waals surface area contributed by atoms with Gasteiger partial charge in [0, 0.05) is 56.2 Å². The van der Waals surface area contributed by atoms with Crippen LogP contribution in [0, 0.1) is 0 Å². The van der Waals surface area contributed by atoms with E-state index < -0.39 is 11.9 Å². The minimum absolute atomic E-state index is 0.0000674. The molecule has 17 nitrogen and oxygen atoms in total. The zero-order chi connectivity index (χ0) is 52.2. The molecule has 0 fully saturated rings. The van der Waals surface area contributed by atoms with Crippen LogP contribution in [0.5, 0.6) is 63.2 Å². The highest BCUT2D eigenvalue weighted by Crippen LogP contribution is 2.51. The average Bonchev–Trinajstić information content (AvgIpc) is 3.40. The van der Waals surface area contributed by atoms with E-state index in [1.807, 2.05) is 30.3 Å². The molecule has 2 heterocycles. The Morgan fingerprint density at radius 2 is 0.833 bits per heavy atom. The second kappa shape index (κ2) is 24.6. The van der Waals surface area contributed by atoms with E-state index in [1.165, 1.54) is 5.56 Å². The SMILES string of the molecule is COc1cc2c(cc1OC)C(Cc1cc(OC)c(OC)c(OC)c1)[N+](C)(CCCOC(=O)/C=C\C(=O)OCCC[N+]1(C)CCc3cc(OC)c(OC)c(OC)c3C1Cc1cc(OC)c(OC)c(OC)c1)CC2. The van der Waals surface area contributed by atoms with Crippen LogP contribution in [-0.2, 0) is 44.7 Å². The standard InChI is InChI=1S/C55H74N2O15/c1-56(22-18-37-32-42(60-3)43(61-4)34-39(37)40(56)26-35-28-44(62-5)52(67-10)45(29-35)63-6)20-14-24-71-49(58)16-17-50(59)72-25-15-21-57(2)23-19-38-33-48(66-9)54(69-12)55(70-13)51(38)41(57)27-36-30-46(64-7)53(68-11)47(31-36)65-8/h16-17,28-34,40-41H,14-15,18-27H2,1-13H3/q+2/b17-16-. The highest BCUT2D eigenvalue weighted by Gasteiger charge is 2.44. The first-order valence-corrected chi connectivity index (χ1v) is 24.1. The van der Waals surface area contributed by atoms with Gasteiger partial charge in [-0.2, -0.15) is 0 Å². The third-order valence-electron chi connectivity index (χ3n) is 14.4. The first kappa shape index (κ1) is 54.6. The van der Waals surface area contributed by atoms with Crippen LogP contribution in [0.15, 0.2) is 54.6 Å². The first-order valence-electron chi connectivity index (χ1n) is 24.1. The van der Waals surface area contributed by atoms with Crippen molar-refractivity contribution in [2.75, 3.05) is 132 Å². The van der Waals surface area contributed by atoms with Crippen molar-refractivity contribution in [2.45, 2.75) is 50.6 Å². The number of carbonyl (C=O) groups excluding carboxylic acids is 2. The van der Waals surface area contributed by atoms with Crippen LogP contribution < -0.4 is 52.1 Å². The number of nitrogens with zero attached hydrogens (tertiary/aromatic N) is 2. The topological polar surface area (TPSA) is 154 Å². The number of fused-ring (bicyclic) bond motifs is 2. The molecular weight excluding hydrogens is 929 g/mol. The van der Waals surface area contributed by atoms with Crippen molar-refractivity contribution in [1.82, 2.24) is 0 Å². The van der Waals surface area contributed by atoms with E-state index in [9.17, 15) is 9.59 Å². The number of hydrogen-bond acceptors (Lipinski definition) is 15. The van der Waals surface area contributed by atoms with Crippen molar-refractivity contribution in [3.05, 3.63) is 88.0 Å². The first-order chi connectivity index (χ1) is 34.7. The number of carbonyl (C=O) groups is 2. The van der Waals surface area contributed by atoms with Crippen LogP contribution in [0.3, 0.4) is 0 Å². The number of likely N-dealkylation sites (N-methyl/N-ethyl adjacent to an activating group) is 2. The van der Waals surface area contributed by atoms with Gasteiger partial charge in [-0.15, -0.1) is 0 Å². The molecule has 72 heavy (non-hydrogen) atoms. The molecule has 0 radical (unpaired) electrons. The number of esters is 2. The van der Waals surface area contributed by atoms with E-state index in [4.69, 9.17) is 61.6 Å². The summed E-state index contributed by atoms with van der Waals surface area (Å²) in [6, 6.07) is 14.0. The molecular formula is C55H74N2O15+2. The Bertz CT molecular complexity index is 2510. The summed E-state index contributed by atoms with van der Waals surface area (Å²) < 4.78 is 75.7. The number of hydrogen-bond donors (Lipinski definition) is 0. The fourth-order valence-electron chi connectivity index (χ4n) is 10.5. The quantitative estimate of drug-likeness (QED) is 0.0279. The molecule has 4 atom stereocenters. The average molecular weight is 1000 g/mol. The van der Waals surface area contributed by atoms with Gasteiger partial charge in [0.1, 0.15) is 12.1 Å². The summed E-state index contributed by atoms with van der Waals surface area (Å²) in [6.07, 6.45) is 6.21. The number of methoxy groups -OCH3 is 11. The van der Waals surface area contributed by atoms with Crippen molar-refractivity contribution in [2.24, 2.45) is 0 Å². The predicted octanol–water partition coefficient (Wildman–Crippen LogP) is 7.48. The third-order valence-corrected chi connectivity index (χ3v) is 14.4. The Balaban J connectivity index is 1.09. The molecule has 6 rings (SSSR count). The van der Waals surface area contributed by atoms with Crippen LogP contribution in [0.2, 0.25) is 0 Å². The molecule has 2 aliphatic rings. The maximum absolute atomic E-state index is 13.0. The highest BCUT2D eigenvalue weighted by atomic mass is 16.6. The molecule has 17 heteroatoms. The molecule has 4 aromatic rings. The summed E-state index contributed by atoms with van der Waals surface area (Å²) in [5.74, 6) is 5.14. The van der Waals surface area contributed by atoms with E-state index in [0.29, 0.717) is 111 Å². The van der Waals surface area contributed by atoms with Crippen LogP contribution in [0.25, 0.3) is 0 Å². The number of ether oxygens (including phenoxy) is 13. The molecule has 0 bridgehead atoms. The Hall–Kier alpha value is -6.72. The van der Waals surface area contributed by atoms with Crippen molar-refractivity contribution in [3.8, 4) is 63.2 Å². The second-order valence-corrected chi connectivity index (χ2v) is 18.4. The van der Waals surface area contributed by atoms with Gasteiger partial charge in [0.05, 0.1) is 137 Å². The van der Waals surface area contributed by atoms with E-state index in [0.717, 1.165) is 65.9 Å². The van der Waals surface area contributed by atoms with Gasteiger partial charge in [0.15, 0.2) is 46.0 Å². The predicted molar refractivity (Wildman–Crippen MR) is 270 cm³/mol. The minimum Gasteiger partial charge on any atom is -0.493 e. The van der Waals surface area contributed by atoms with Gasteiger partial charge in [-0.25, -0.2) is 9.59 Å². The van der Waals surface area contributed by atoms with Gasteiger partial charge >= 0.3 is 11.9 Å². The third kappa shape index (κ3) is 11.8. The molecule has 0 saturated heterocycles. The normalized spacial score (nSPS) is 19.0. The maximum Gasteiger partial charge on any atom is 0.331 e. The van der Waals surface area contributed by atoms with Gasteiger partial charge in [0.2, 0.25) is 17.2 Å². The molecule has 4 unspecified atom stereocenters. The van der Waals surface area contributed by atoms with Gasteiger partial charge in [0.25, 0.3) is 0 Å². The smallest absolute Gasteiger partial charge is 0.331 e. The summed E-state index contributed by atoms with van der Waals surface area (Å²) in [5, 5.41) is 0. The van der Waals surface area contributed by atoms with Crippen LogP contribution in [0.1, 0.15) is 58.3 Å². The Morgan fingerprint density at radius 3 is 1.26 bits per heavy atom. The molecule has 0 aromatic heterocycles. The number of benzene rings is 4. The summed E-state index contributed by atoms with van der Waals surface area (Å²) >= 11 is 0. The molecule has 0 spiro atoms. The fourth-order valence-corrected chi connectivity index (χ4v) is 10.5. The van der Waals surface area contributed by atoms with Crippen LogP contribution in [-0.4, -0.2) is 153 Å². The van der Waals surface area contributed by atoms with E-state index >= 15 is 0 Å². The number of quaternary nitrogens is 2. The minimum atomic E-state index is -0.627. The van der Waals surface area contributed by atoms with Gasteiger partial charge in [-0.3, -0.25) is 0 Å². The summed E-state index contributed by atoms with van der Waals surface area (Å²) in [4.78, 5) is 25.9. The Labute approximate surface area is 424 Å². The van der Waals surface area contributed by atoms with E-state index in [-0.39, 0.29) is 25.3 Å². The lowest BCUT2D eigenvalue weighted by atomic mass is 9.85. The van der Waals surface area contributed by atoms with Crippen molar-refractivity contribution < 1.29 is 80.1 Å². The van der Waals surface area contributed by atoms with Gasteiger partial charge in [-0.05, 0) is 64.7 Å². The van der Waals surface area contributed by atoms with Crippen molar-refractivity contribution in [1.29, 1.82) is 0 Å². The highest BCUT2D eigenvalue weighted by molar-refractivity contribution is 5.91. The van der Waals surface area contributed by atoms with Crippen molar-refractivity contribution in [3.63, 3.8) is 0 Å². The van der Waals surface area contributed by atoms with Gasteiger partial charge in [-0.1, -0.05) is 0 Å². The Morgan fingerprint density at radius 1 is 0.458 bits per heavy atom. The molecule has 0 saturated carbocycles. The molecule has 4 aromatic carbocycles. The lowest BCUT2D eigenvalue weighted by Crippen LogP contribution is -2.52. The molecule has 0 aliphatic carbocycles. The summed E-state index contributed by atoms with van der Waals surface area (Å²) in [7, 11) is 22.2. The lowest BCUT2D eigenvalue weighted by molar-refractivity contribution is -0.941. The lowest BCUT2D eigenvalue weighted by Gasteiger charge is -2.46.